The summed E-state index contributed by atoms with van der Waals surface area (Å²) in [6, 6.07) is 0. The van der Waals surface area contributed by atoms with Gasteiger partial charge in [-0.3, -0.25) is 0 Å². The molecule has 2 aromatic rings. The van der Waals surface area contributed by atoms with Gasteiger partial charge in [0.25, 0.3) is 0 Å². The van der Waals surface area contributed by atoms with Crippen molar-refractivity contribution in [1.82, 2.24) is 0 Å². The maximum Gasteiger partial charge on any atom is 0.141 e. The molecule has 0 N–H and O–H groups in total. The van der Waals surface area contributed by atoms with Gasteiger partial charge in [-0.1, -0.05) is 48.6 Å². The molecule has 2 aliphatic heterocycles. The van der Waals surface area contributed by atoms with Crippen LogP contribution in [0.4, 0.5) is 0 Å². The lowest BCUT2D eigenvalue weighted by atomic mass is 9.76. The van der Waals surface area contributed by atoms with Crippen molar-refractivity contribution in [1.29, 1.82) is 0 Å². The van der Waals surface area contributed by atoms with Gasteiger partial charge in [-0.15, -0.1) is 0 Å². The molecule has 0 amide bonds. The molecule has 4 atom stereocenters. The summed E-state index contributed by atoms with van der Waals surface area (Å²) in [4.78, 5) is 0. The third-order valence-corrected chi connectivity index (χ3v) is 11.7. The Labute approximate surface area is 267 Å². The molecule has 2 aromatic heterocycles. The summed E-state index contributed by atoms with van der Waals surface area (Å²) < 4.78 is 27.0. The molecule has 0 saturated carbocycles. The molecule has 0 saturated heterocycles. The summed E-state index contributed by atoms with van der Waals surface area (Å²) in [6.07, 6.45) is 37.7. The van der Waals surface area contributed by atoms with Crippen LogP contribution in [0.25, 0.3) is 35.5 Å². The zero-order valence-corrected chi connectivity index (χ0v) is 25.9. The Balaban J connectivity index is 1.07. The van der Waals surface area contributed by atoms with Crippen molar-refractivity contribution in [3.05, 3.63) is 126 Å². The normalized spacial score (nSPS) is 29.2. The Morgan fingerprint density at radius 2 is 0.957 bits per heavy atom. The van der Waals surface area contributed by atoms with Crippen LogP contribution >= 0.6 is 0 Å². The van der Waals surface area contributed by atoms with E-state index in [1.807, 2.05) is 0 Å². The van der Waals surface area contributed by atoms with E-state index in [1.165, 1.54) is 55.0 Å². The molecule has 0 radical (unpaired) electrons. The topological polar surface area (TPSA) is 44.7 Å². The van der Waals surface area contributed by atoms with Crippen LogP contribution < -0.4 is 21.3 Å². The molecule has 4 nitrogen and oxygen atoms in total. The number of fused-ring (bicyclic) bond motifs is 10. The molecule has 4 unspecified atom stereocenters. The summed E-state index contributed by atoms with van der Waals surface area (Å²) in [6.45, 7) is 0. The minimum Gasteiger partial charge on any atom is -0.485 e. The highest BCUT2D eigenvalue weighted by Gasteiger charge is 2.44. The van der Waals surface area contributed by atoms with Crippen molar-refractivity contribution >= 4 is 35.5 Å². The summed E-state index contributed by atoms with van der Waals surface area (Å²) in [5, 5.41) is 2.61. The Bertz CT molecular complexity index is 2120. The van der Waals surface area contributed by atoms with Crippen LogP contribution in [0, 0.1) is 11.8 Å². The Kier molecular flexibility index (Phi) is 5.34. The highest BCUT2D eigenvalue weighted by Crippen LogP contribution is 2.48. The van der Waals surface area contributed by atoms with Crippen LogP contribution in [0.1, 0.15) is 74.0 Å². The SMILES string of the molecule is C1=CC2=C(CC1)C1C=c3c4c(oc3=C(C3=CC=C(C5=c6oc7c(c6=CC6C8=C(C=CCC8)OC56)CCC=C7)CC3)C1O2)C=CCC4. The second-order valence-corrected chi connectivity index (χ2v) is 14.1. The molecule has 46 heavy (non-hydrogen) atoms. The highest BCUT2D eigenvalue weighted by atomic mass is 16.5. The van der Waals surface area contributed by atoms with E-state index >= 15 is 0 Å². The standard InChI is InChI=1S/C42H36O4/c1-5-13-33-25(9-1)29-21-30-26-10-2-6-14-34(26)44-40(30)37(39(29)43-33)23-17-19-24(20-18-23)38-41-31(27-11-3-7-15-35(27)45-41)22-32-28-12-4-8-16-36(28)46-42(32)38/h5-8,13-17,19,21-22,29,31,39,41H,1-4,9-12,18,20H2. The smallest absolute Gasteiger partial charge is 0.141 e. The van der Waals surface area contributed by atoms with Crippen LogP contribution in [-0.2, 0) is 22.3 Å². The third kappa shape index (κ3) is 3.50. The van der Waals surface area contributed by atoms with Gasteiger partial charge < -0.3 is 18.3 Å². The molecule has 228 valence electrons. The van der Waals surface area contributed by atoms with Crippen LogP contribution in [0.3, 0.4) is 0 Å². The number of allylic oxidation sites excluding steroid dienone is 8. The predicted molar refractivity (Wildman–Crippen MR) is 179 cm³/mol. The van der Waals surface area contributed by atoms with Crippen molar-refractivity contribution in [3.8, 4) is 0 Å². The molecule has 0 aromatic carbocycles. The molecule has 4 heteroatoms. The van der Waals surface area contributed by atoms with E-state index in [0.29, 0.717) is 0 Å². The molecule has 0 spiro atoms. The van der Waals surface area contributed by atoms with Gasteiger partial charge in [0, 0.05) is 44.5 Å². The number of hydrogen-bond donors (Lipinski definition) is 0. The first-order valence-electron chi connectivity index (χ1n) is 17.4. The Morgan fingerprint density at radius 3 is 1.43 bits per heavy atom. The maximum absolute atomic E-state index is 6.79. The summed E-state index contributed by atoms with van der Waals surface area (Å²) in [5.74, 6) is 4.76. The second kappa shape index (κ2) is 9.54. The molecular formula is C42H36O4. The van der Waals surface area contributed by atoms with Gasteiger partial charge in [0.05, 0.1) is 0 Å². The molecule has 4 heterocycles. The van der Waals surface area contributed by atoms with Gasteiger partial charge in [0.2, 0.25) is 0 Å². The molecule has 11 rings (SSSR count). The average molecular weight is 605 g/mol. The monoisotopic (exact) mass is 604 g/mol. The number of furan rings is 2. The van der Waals surface area contributed by atoms with E-state index < -0.39 is 0 Å². The Hall–Kier alpha value is -4.44. The predicted octanol–water partition coefficient (Wildman–Crippen LogP) is 6.27. The van der Waals surface area contributed by atoms with Gasteiger partial charge in [0.15, 0.2) is 0 Å². The first-order chi connectivity index (χ1) is 22.8. The lowest BCUT2D eigenvalue weighted by Crippen LogP contribution is -2.40. The van der Waals surface area contributed by atoms with Gasteiger partial charge in [-0.25, -0.2) is 0 Å². The molecular weight excluding hydrogens is 568 g/mol. The van der Waals surface area contributed by atoms with E-state index in [0.717, 1.165) is 98.1 Å². The van der Waals surface area contributed by atoms with E-state index in [-0.39, 0.29) is 24.0 Å². The zero-order chi connectivity index (χ0) is 29.9. The maximum atomic E-state index is 6.79. The fourth-order valence-corrected chi connectivity index (χ4v) is 9.58. The fourth-order valence-electron chi connectivity index (χ4n) is 9.58. The number of ether oxygens (including phenoxy) is 2. The number of rotatable bonds is 2. The number of hydrogen-bond acceptors (Lipinski definition) is 4. The summed E-state index contributed by atoms with van der Waals surface area (Å²) >= 11 is 0. The van der Waals surface area contributed by atoms with Gasteiger partial charge in [-0.05, 0) is 111 Å². The second-order valence-electron chi connectivity index (χ2n) is 14.1. The van der Waals surface area contributed by atoms with Crippen molar-refractivity contribution in [2.45, 2.75) is 76.4 Å². The minimum atomic E-state index is -0.0320. The third-order valence-electron chi connectivity index (χ3n) is 11.7. The van der Waals surface area contributed by atoms with Crippen molar-refractivity contribution in [2.24, 2.45) is 11.8 Å². The largest absolute Gasteiger partial charge is 0.485 e. The zero-order valence-electron chi connectivity index (χ0n) is 25.9. The first kappa shape index (κ1) is 25.7. The van der Waals surface area contributed by atoms with E-state index in [9.17, 15) is 0 Å². The van der Waals surface area contributed by atoms with Gasteiger partial charge in [-0.2, -0.15) is 0 Å². The van der Waals surface area contributed by atoms with Gasteiger partial charge in [0.1, 0.15) is 46.1 Å². The molecule has 7 aliphatic carbocycles. The lowest BCUT2D eigenvalue weighted by molar-refractivity contribution is 0.182. The molecule has 0 bridgehead atoms. The Morgan fingerprint density at radius 1 is 0.500 bits per heavy atom. The summed E-state index contributed by atoms with van der Waals surface area (Å²) in [5.41, 5.74) is 12.9. The van der Waals surface area contributed by atoms with Crippen LogP contribution in [0.5, 0.6) is 0 Å². The molecule has 0 fully saturated rings. The van der Waals surface area contributed by atoms with Crippen molar-refractivity contribution in [2.75, 3.05) is 0 Å². The first-order valence-corrected chi connectivity index (χ1v) is 17.4. The fraction of sp³-hybridized carbons (Fsp3) is 0.333. The quantitative estimate of drug-likeness (QED) is 0.406. The highest BCUT2D eigenvalue weighted by molar-refractivity contribution is 5.79. The van der Waals surface area contributed by atoms with Crippen LogP contribution in [-0.4, -0.2) is 12.2 Å². The van der Waals surface area contributed by atoms with E-state index in [2.05, 4.69) is 72.9 Å². The lowest BCUT2D eigenvalue weighted by Gasteiger charge is -2.29. The minimum absolute atomic E-state index is 0.0320. The van der Waals surface area contributed by atoms with Crippen LogP contribution in [0.15, 0.2) is 91.3 Å². The van der Waals surface area contributed by atoms with E-state index in [4.69, 9.17) is 18.3 Å². The molecule has 9 aliphatic rings. The summed E-state index contributed by atoms with van der Waals surface area (Å²) in [7, 11) is 0. The average Bonchev–Trinajstić information content (AvgIpc) is 3.86. The van der Waals surface area contributed by atoms with Crippen molar-refractivity contribution in [3.63, 3.8) is 0 Å². The van der Waals surface area contributed by atoms with E-state index in [1.54, 1.807) is 0 Å². The van der Waals surface area contributed by atoms with Crippen molar-refractivity contribution < 1.29 is 18.3 Å². The van der Waals surface area contributed by atoms with Gasteiger partial charge >= 0.3 is 0 Å². The van der Waals surface area contributed by atoms with Crippen LogP contribution in [0.2, 0.25) is 0 Å².